The summed E-state index contributed by atoms with van der Waals surface area (Å²) < 4.78 is 5.46. The van der Waals surface area contributed by atoms with E-state index in [1.165, 1.54) is 0 Å². The predicted molar refractivity (Wildman–Crippen MR) is 75.3 cm³/mol. The Morgan fingerprint density at radius 2 is 2.24 bits per heavy atom. The number of nitrogens with zero attached hydrogens (tertiary/aromatic N) is 1. The van der Waals surface area contributed by atoms with Crippen LogP contribution in [0.2, 0.25) is 10.0 Å². The molecule has 1 heterocycles. The molecule has 0 aromatic heterocycles. The highest BCUT2D eigenvalue weighted by Crippen LogP contribution is 2.23. The normalized spacial score (nSPS) is 21.7. The maximum atomic E-state index is 6.18. The van der Waals surface area contributed by atoms with Crippen molar-refractivity contribution in [2.24, 2.45) is 0 Å². The summed E-state index contributed by atoms with van der Waals surface area (Å²) in [5.74, 6) is 0. The Hall–Kier alpha value is 0.200. The average molecular weight is 339 g/mol. The van der Waals surface area contributed by atoms with E-state index in [4.69, 9.17) is 27.9 Å². The number of hydrogen-bond acceptors (Lipinski definition) is 2. The number of morpholine rings is 1. The van der Waals surface area contributed by atoms with Crippen molar-refractivity contribution in [3.63, 3.8) is 0 Å². The highest BCUT2D eigenvalue weighted by molar-refractivity contribution is 9.09. The van der Waals surface area contributed by atoms with E-state index < -0.39 is 0 Å². The van der Waals surface area contributed by atoms with Crippen molar-refractivity contribution < 1.29 is 4.74 Å². The Balaban J connectivity index is 2.10. The molecule has 0 bridgehead atoms. The zero-order valence-electron chi connectivity index (χ0n) is 9.33. The van der Waals surface area contributed by atoms with Crippen molar-refractivity contribution in [1.29, 1.82) is 0 Å². The summed E-state index contributed by atoms with van der Waals surface area (Å²) in [6.45, 7) is 3.29. The minimum Gasteiger partial charge on any atom is -0.378 e. The fraction of sp³-hybridized carbons (Fsp3) is 0.500. The molecule has 17 heavy (non-hydrogen) atoms. The van der Waals surface area contributed by atoms with Crippen LogP contribution in [-0.4, -0.2) is 36.0 Å². The van der Waals surface area contributed by atoms with Gasteiger partial charge in [0.2, 0.25) is 0 Å². The zero-order valence-corrected chi connectivity index (χ0v) is 12.4. The van der Waals surface area contributed by atoms with Gasteiger partial charge in [0, 0.05) is 34.5 Å². The van der Waals surface area contributed by atoms with Gasteiger partial charge in [-0.2, -0.15) is 0 Å². The van der Waals surface area contributed by atoms with Gasteiger partial charge in [-0.15, -0.1) is 0 Å². The maximum Gasteiger partial charge on any atom is 0.0630 e. The second-order valence-electron chi connectivity index (χ2n) is 4.09. The van der Waals surface area contributed by atoms with Crippen LogP contribution in [-0.2, 0) is 11.3 Å². The molecule has 1 aliphatic heterocycles. The van der Waals surface area contributed by atoms with Crippen LogP contribution in [0.4, 0.5) is 0 Å². The van der Waals surface area contributed by atoms with Crippen LogP contribution in [0.5, 0.6) is 0 Å². The Kier molecular flexibility index (Phi) is 5.12. The van der Waals surface area contributed by atoms with Gasteiger partial charge in [-0.25, -0.2) is 0 Å². The maximum absolute atomic E-state index is 6.18. The average Bonchev–Trinajstić information content (AvgIpc) is 2.34. The van der Waals surface area contributed by atoms with Gasteiger partial charge < -0.3 is 4.74 Å². The zero-order chi connectivity index (χ0) is 12.3. The summed E-state index contributed by atoms with van der Waals surface area (Å²) in [5, 5.41) is 2.41. The third-order valence-electron chi connectivity index (χ3n) is 2.91. The van der Waals surface area contributed by atoms with Gasteiger partial charge in [0.05, 0.1) is 13.2 Å². The van der Waals surface area contributed by atoms with Crippen molar-refractivity contribution in [2.45, 2.75) is 12.6 Å². The molecular weight excluding hydrogens is 325 g/mol. The van der Waals surface area contributed by atoms with Crippen LogP contribution >= 0.6 is 39.1 Å². The summed E-state index contributed by atoms with van der Waals surface area (Å²) in [6.07, 6.45) is 0. The molecule has 1 unspecified atom stereocenters. The summed E-state index contributed by atoms with van der Waals surface area (Å²) >= 11 is 15.7. The van der Waals surface area contributed by atoms with E-state index in [1.54, 1.807) is 0 Å². The van der Waals surface area contributed by atoms with E-state index in [0.717, 1.165) is 47.2 Å². The summed E-state index contributed by atoms with van der Waals surface area (Å²) in [4.78, 5) is 2.37. The summed E-state index contributed by atoms with van der Waals surface area (Å²) in [5.41, 5.74) is 1.08. The third kappa shape index (κ3) is 3.58. The van der Waals surface area contributed by atoms with Gasteiger partial charge in [-0.3, -0.25) is 4.90 Å². The van der Waals surface area contributed by atoms with Crippen LogP contribution in [0, 0.1) is 0 Å². The molecule has 5 heteroatoms. The molecule has 0 saturated carbocycles. The predicted octanol–water partition coefficient (Wildman–Crippen LogP) is 3.59. The van der Waals surface area contributed by atoms with Crippen molar-refractivity contribution in [2.75, 3.05) is 25.1 Å². The number of benzene rings is 1. The SMILES string of the molecule is Clc1ccc(Cl)c(CN2CCOCC2CBr)c1. The molecule has 1 aromatic carbocycles. The molecule has 0 aliphatic carbocycles. The van der Waals surface area contributed by atoms with E-state index in [2.05, 4.69) is 20.8 Å². The highest BCUT2D eigenvalue weighted by Gasteiger charge is 2.22. The van der Waals surface area contributed by atoms with Crippen molar-refractivity contribution in [1.82, 2.24) is 4.90 Å². The van der Waals surface area contributed by atoms with E-state index >= 15 is 0 Å². The first-order valence-electron chi connectivity index (χ1n) is 5.52. The third-order valence-corrected chi connectivity index (χ3v) is 4.26. The lowest BCUT2D eigenvalue weighted by molar-refractivity contribution is -0.00211. The van der Waals surface area contributed by atoms with Crippen LogP contribution in [0.1, 0.15) is 5.56 Å². The van der Waals surface area contributed by atoms with Crippen LogP contribution in [0.25, 0.3) is 0 Å². The van der Waals surface area contributed by atoms with Crippen LogP contribution in [0.15, 0.2) is 18.2 Å². The van der Waals surface area contributed by atoms with E-state index in [1.807, 2.05) is 18.2 Å². The van der Waals surface area contributed by atoms with E-state index in [0.29, 0.717) is 6.04 Å². The first-order chi connectivity index (χ1) is 8.20. The minimum atomic E-state index is 0.402. The molecule has 94 valence electrons. The van der Waals surface area contributed by atoms with E-state index in [9.17, 15) is 0 Å². The van der Waals surface area contributed by atoms with Crippen LogP contribution < -0.4 is 0 Å². The molecule has 0 N–H and O–H groups in total. The largest absolute Gasteiger partial charge is 0.378 e. The molecule has 2 rings (SSSR count). The quantitative estimate of drug-likeness (QED) is 0.781. The number of alkyl halides is 1. The fourth-order valence-electron chi connectivity index (χ4n) is 1.92. The Morgan fingerprint density at radius 1 is 1.41 bits per heavy atom. The summed E-state index contributed by atoms with van der Waals surface area (Å²) in [6, 6.07) is 6.00. The molecular formula is C12H14BrCl2NO. The lowest BCUT2D eigenvalue weighted by atomic mass is 10.1. The van der Waals surface area contributed by atoms with Gasteiger partial charge in [0.15, 0.2) is 0 Å². The van der Waals surface area contributed by atoms with Gasteiger partial charge in [-0.05, 0) is 23.8 Å². The number of halogens is 3. The van der Waals surface area contributed by atoms with Crippen molar-refractivity contribution in [3.8, 4) is 0 Å². The lowest BCUT2D eigenvalue weighted by Crippen LogP contribution is -2.45. The molecule has 1 saturated heterocycles. The molecule has 1 aliphatic rings. The Bertz CT molecular complexity index is 389. The number of rotatable bonds is 3. The van der Waals surface area contributed by atoms with E-state index in [-0.39, 0.29) is 0 Å². The van der Waals surface area contributed by atoms with Gasteiger partial charge >= 0.3 is 0 Å². The van der Waals surface area contributed by atoms with Gasteiger partial charge in [-0.1, -0.05) is 39.1 Å². The van der Waals surface area contributed by atoms with Crippen molar-refractivity contribution >= 4 is 39.1 Å². The molecule has 1 atom stereocenters. The number of ether oxygens (including phenoxy) is 1. The lowest BCUT2D eigenvalue weighted by Gasteiger charge is -2.34. The van der Waals surface area contributed by atoms with Gasteiger partial charge in [0.25, 0.3) is 0 Å². The molecule has 0 amide bonds. The molecule has 0 radical (unpaired) electrons. The first-order valence-corrected chi connectivity index (χ1v) is 7.40. The highest BCUT2D eigenvalue weighted by atomic mass is 79.9. The van der Waals surface area contributed by atoms with Crippen LogP contribution in [0.3, 0.4) is 0 Å². The van der Waals surface area contributed by atoms with Gasteiger partial charge in [0.1, 0.15) is 0 Å². The monoisotopic (exact) mass is 337 g/mol. The van der Waals surface area contributed by atoms with Crippen molar-refractivity contribution in [3.05, 3.63) is 33.8 Å². The molecule has 1 fully saturated rings. The smallest absolute Gasteiger partial charge is 0.0630 e. The Labute approximate surface area is 120 Å². The first kappa shape index (κ1) is 13.6. The second-order valence-corrected chi connectivity index (χ2v) is 5.58. The number of hydrogen-bond donors (Lipinski definition) is 0. The standard InChI is InChI=1S/C12H14BrCl2NO/c13-6-11-8-17-4-3-16(11)7-9-5-10(14)1-2-12(9)15/h1-2,5,11H,3-4,6-8H2. The Morgan fingerprint density at radius 3 is 3.00 bits per heavy atom. The second kappa shape index (κ2) is 6.39. The fourth-order valence-corrected chi connectivity index (χ4v) is 2.89. The molecule has 0 spiro atoms. The molecule has 1 aromatic rings. The minimum absolute atomic E-state index is 0.402. The molecule has 2 nitrogen and oxygen atoms in total. The topological polar surface area (TPSA) is 12.5 Å². The summed E-state index contributed by atoms with van der Waals surface area (Å²) in [7, 11) is 0.